The fourth-order valence-electron chi connectivity index (χ4n) is 0.683. The quantitative estimate of drug-likeness (QED) is 0.600. The Morgan fingerprint density at radius 2 is 2.45 bits per heavy atom. The second-order valence-electron chi connectivity index (χ2n) is 1.94. The lowest BCUT2D eigenvalue weighted by atomic mass is 10.1. The molecule has 0 saturated carbocycles. The van der Waals surface area contributed by atoms with Crippen molar-refractivity contribution in [1.82, 2.24) is 0 Å². The molecule has 0 aliphatic carbocycles. The van der Waals surface area contributed by atoms with Crippen molar-refractivity contribution in [3.05, 3.63) is 34.1 Å². The molecule has 0 saturated heterocycles. The van der Waals surface area contributed by atoms with E-state index in [1.54, 1.807) is 0 Å². The van der Waals surface area contributed by atoms with Gasteiger partial charge in [0.25, 0.3) is 0 Å². The summed E-state index contributed by atoms with van der Waals surface area (Å²) in [5.74, 6) is -0.948. The standard InChI is InChI=1S/C8H6ClFO/c1-5-6(4-11)7(9)2-3-8(5)10/h2-4H,1H3/i1D3. The highest BCUT2D eigenvalue weighted by molar-refractivity contribution is 6.33. The Kier molecular flexibility index (Phi) is 1.34. The summed E-state index contributed by atoms with van der Waals surface area (Å²) >= 11 is 5.56. The van der Waals surface area contributed by atoms with E-state index in [2.05, 4.69) is 0 Å². The maximum absolute atomic E-state index is 13.1. The zero-order chi connectivity index (χ0) is 10.9. The van der Waals surface area contributed by atoms with E-state index in [1.165, 1.54) is 0 Å². The number of aldehydes is 1. The van der Waals surface area contributed by atoms with E-state index in [4.69, 9.17) is 15.7 Å². The van der Waals surface area contributed by atoms with Gasteiger partial charge in [-0.25, -0.2) is 4.39 Å². The summed E-state index contributed by atoms with van der Waals surface area (Å²) in [5, 5.41) is -0.0625. The summed E-state index contributed by atoms with van der Waals surface area (Å²) in [6.45, 7) is -2.68. The molecule has 0 atom stereocenters. The van der Waals surface area contributed by atoms with Crippen LogP contribution < -0.4 is 0 Å². The van der Waals surface area contributed by atoms with Crippen LogP contribution in [0.15, 0.2) is 12.1 Å². The first-order valence-electron chi connectivity index (χ1n) is 4.31. The van der Waals surface area contributed by atoms with Crippen LogP contribution in [-0.2, 0) is 0 Å². The zero-order valence-corrected chi connectivity index (χ0v) is 6.15. The highest BCUT2D eigenvalue weighted by atomic mass is 35.5. The summed E-state index contributed by atoms with van der Waals surface area (Å²) in [6.07, 6.45) is 0.243. The Bertz CT molecular complexity index is 376. The average Bonchev–Trinajstić information content (AvgIpc) is 2.06. The maximum atomic E-state index is 13.1. The Morgan fingerprint density at radius 1 is 1.73 bits per heavy atom. The molecule has 0 amide bonds. The molecule has 0 aliphatic rings. The molecule has 11 heavy (non-hydrogen) atoms. The molecule has 0 heterocycles. The summed E-state index contributed by atoms with van der Waals surface area (Å²) in [4.78, 5) is 10.5. The fourth-order valence-corrected chi connectivity index (χ4v) is 0.885. The normalized spacial score (nSPS) is 14.9. The SMILES string of the molecule is [2H]C([2H])([2H])c1c(F)ccc(Cl)c1C=O. The third-order valence-corrected chi connectivity index (χ3v) is 1.59. The molecule has 1 nitrogen and oxygen atoms in total. The first kappa shape index (κ1) is 4.88. The Balaban J connectivity index is 3.53. The highest BCUT2D eigenvalue weighted by Crippen LogP contribution is 2.19. The molecule has 0 unspecified atom stereocenters. The van der Waals surface area contributed by atoms with Crippen molar-refractivity contribution >= 4 is 17.9 Å². The molecule has 0 fully saturated rings. The van der Waals surface area contributed by atoms with Gasteiger partial charge in [0.15, 0.2) is 6.29 Å². The number of halogens is 2. The van der Waals surface area contributed by atoms with E-state index >= 15 is 0 Å². The van der Waals surface area contributed by atoms with Gasteiger partial charge in [-0.2, -0.15) is 0 Å². The van der Waals surface area contributed by atoms with Gasteiger partial charge in [-0.15, -0.1) is 0 Å². The Morgan fingerprint density at radius 3 is 2.91 bits per heavy atom. The molecular weight excluding hydrogens is 167 g/mol. The minimum Gasteiger partial charge on any atom is -0.298 e. The van der Waals surface area contributed by atoms with Crippen molar-refractivity contribution in [2.45, 2.75) is 6.85 Å². The molecule has 1 aromatic carbocycles. The van der Waals surface area contributed by atoms with Crippen molar-refractivity contribution in [3.8, 4) is 0 Å². The molecular formula is C8H6ClFO. The van der Waals surface area contributed by atoms with Gasteiger partial charge in [-0.05, 0) is 24.5 Å². The lowest BCUT2D eigenvalue weighted by molar-refractivity contribution is 0.112. The summed E-state index contributed by atoms with van der Waals surface area (Å²) < 4.78 is 34.2. The maximum Gasteiger partial charge on any atom is 0.151 e. The molecule has 1 aromatic rings. The third-order valence-electron chi connectivity index (χ3n) is 1.26. The van der Waals surface area contributed by atoms with Crippen LogP contribution in [-0.4, -0.2) is 6.29 Å². The highest BCUT2D eigenvalue weighted by Gasteiger charge is 2.06. The molecule has 1 rings (SSSR count). The van der Waals surface area contributed by atoms with Crippen LogP contribution >= 0.6 is 11.6 Å². The Labute approximate surface area is 73.0 Å². The van der Waals surface area contributed by atoms with Gasteiger partial charge in [0.2, 0.25) is 0 Å². The van der Waals surface area contributed by atoms with Gasteiger partial charge in [0, 0.05) is 9.68 Å². The minimum absolute atomic E-state index is 0.0625. The largest absolute Gasteiger partial charge is 0.298 e. The predicted octanol–water partition coefficient (Wildman–Crippen LogP) is 2.60. The van der Waals surface area contributed by atoms with Gasteiger partial charge in [-0.1, -0.05) is 11.6 Å². The first-order chi connectivity index (χ1) is 6.38. The molecule has 0 N–H and O–H groups in total. The van der Waals surface area contributed by atoms with Crippen LogP contribution in [0.25, 0.3) is 0 Å². The van der Waals surface area contributed by atoms with E-state index in [-0.39, 0.29) is 16.9 Å². The predicted molar refractivity (Wildman–Crippen MR) is 41.5 cm³/mol. The van der Waals surface area contributed by atoms with Crippen molar-refractivity contribution < 1.29 is 13.3 Å². The number of benzene rings is 1. The zero-order valence-electron chi connectivity index (χ0n) is 8.40. The summed E-state index contributed by atoms with van der Waals surface area (Å²) in [5.41, 5.74) is -0.938. The van der Waals surface area contributed by atoms with Crippen molar-refractivity contribution in [2.75, 3.05) is 0 Å². The van der Waals surface area contributed by atoms with Crippen molar-refractivity contribution in [1.29, 1.82) is 0 Å². The summed E-state index contributed by atoms with van der Waals surface area (Å²) in [6, 6.07) is 2.08. The average molecular weight is 176 g/mol. The Hall–Kier alpha value is -0.890. The lowest BCUT2D eigenvalue weighted by Gasteiger charge is -2.00. The third kappa shape index (κ3) is 1.40. The minimum atomic E-state index is -2.68. The number of carbonyl (C=O) groups excluding carboxylic acids is 1. The number of carbonyl (C=O) groups is 1. The number of rotatable bonds is 1. The summed E-state index contributed by atoms with van der Waals surface area (Å²) in [7, 11) is 0. The van der Waals surface area contributed by atoms with E-state index in [0.29, 0.717) is 0 Å². The van der Waals surface area contributed by atoms with Gasteiger partial charge in [0.05, 0.1) is 5.02 Å². The van der Waals surface area contributed by atoms with E-state index in [1.807, 2.05) is 0 Å². The smallest absolute Gasteiger partial charge is 0.151 e. The molecule has 3 heteroatoms. The number of hydrogen-bond acceptors (Lipinski definition) is 1. The molecule has 0 aromatic heterocycles. The first-order valence-corrected chi connectivity index (χ1v) is 3.19. The van der Waals surface area contributed by atoms with Gasteiger partial charge in [0.1, 0.15) is 5.82 Å². The molecule has 0 radical (unpaired) electrons. The van der Waals surface area contributed by atoms with Crippen LogP contribution in [0.3, 0.4) is 0 Å². The van der Waals surface area contributed by atoms with Gasteiger partial charge < -0.3 is 0 Å². The van der Waals surface area contributed by atoms with E-state index in [0.717, 1.165) is 12.1 Å². The number of hydrogen-bond donors (Lipinski definition) is 0. The van der Waals surface area contributed by atoms with Crippen LogP contribution in [0.4, 0.5) is 4.39 Å². The molecule has 0 spiro atoms. The van der Waals surface area contributed by atoms with Crippen LogP contribution in [0.1, 0.15) is 20.0 Å². The van der Waals surface area contributed by atoms with E-state index in [9.17, 15) is 9.18 Å². The monoisotopic (exact) mass is 175 g/mol. The molecule has 58 valence electrons. The van der Waals surface area contributed by atoms with Crippen molar-refractivity contribution in [2.24, 2.45) is 0 Å². The topological polar surface area (TPSA) is 17.1 Å². The van der Waals surface area contributed by atoms with Gasteiger partial charge in [-0.3, -0.25) is 4.79 Å². The van der Waals surface area contributed by atoms with Gasteiger partial charge >= 0.3 is 0 Å². The molecule has 0 bridgehead atoms. The van der Waals surface area contributed by atoms with Crippen LogP contribution in [0.2, 0.25) is 5.02 Å². The van der Waals surface area contributed by atoms with Crippen LogP contribution in [0.5, 0.6) is 0 Å². The lowest BCUT2D eigenvalue weighted by Crippen LogP contribution is -1.91. The second-order valence-corrected chi connectivity index (χ2v) is 2.34. The van der Waals surface area contributed by atoms with Crippen LogP contribution in [0, 0.1) is 12.7 Å². The molecule has 0 aliphatic heterocycles. The fraction of sp³-hybridized carbons (Fsp3) is 0.125. The van der Waals surface area contributed by atoms with Crippen molar-refractivity contribution in [3.63, 3.8) is 0 Å². The second kappa shape index (κ2) is 3.01. The van der Waals surface area contributed by atoms with E-state index < -0.39 is 18.2 Å².